The van der Waals surface area contributed by atoms with Gasteiger partial charge in [0.25, 0.3) is 0 Å². The Balaban J connectivity index is 2.24. The standard InChI is InChI=1S/C18H15NO2/c1-2-21-18(20)15-12-14-10-6-7-11-16(14)19-17(15)13-8-4-3-5-9-13/h3-12H,2H2,1H3. The molecule has 0 unspecified atom stereocenters. The molecular formula is C18H15NO2. The van der Waals surface area contributed by atoms with Gasteiger partial charge in [0.05, 0.1) is 23.4 Å². The second-order valence-electron chi connectivity index (χ2n) is 4.66. The molecule has 0 atom stereocenters. The minimum Gasteiger partial charge on any atom is -0.462 e. The number of para-hydroxylation sites is 1. The van der Waals surface area contributed by atoms with Gasteiger partial charge in [0.15, 0.2) is 0 Å². The van der Waals surface area contributed by atoms with E-state index in [9.17, 15) is 4.79 Å². The molecule has 3 heteroatoms. The second-order valence-corrected chi connectivity index (χ2v) is 4.66. The summed E-state index contributed by atoms with van der Waals surface area (Å²) in [6.45, 7) is 2.15. The van der Waals surface area contributed by atoms with Crippen LogP contribution in [-0.2, 0) is 4.74 Å². The lowest BCUT2D eigenvalue weighted by molar-refractivity contribution is 0.0527. The van der Waals surface area contributed by atoms with Crippen LogP contribution in [-0.4, -0.2) is 17.6 Å². The highest BCUT2D eigenvalue weighted by Gasteiger charge is 2.16. The van der Waals surface area contributed by atoms with Crippen molar-refractivity contribution < 1.29 is 9.53 Å². The number of esters is 1. The third kappa shape index (κ3) is 2.63. The number of rotatable bonds is 3. The Morgan fingerprint density at radius 2 is 1.76 bits per heavy atom. The van der Waals surface area contributed by atoms with Crippen LogP contribution in [0.5, 0.6) is 0 Å². The molecule has 0 bridgehead atoms. The summed E-state index contributed by atoms with van der Waals surface area (Å²) in [5.74, 6) is -0.338. The van der Waals surface area contributed by atoms with Crippen LogP contribution in [0, 0.1) is 0 Å². The quantitative estimate of drug-likeness (QED) is 0.677. The van der Waals surface area contributed by atoms with Crippen LogP contribution < -0.4 is 0 Å². The number of aromatic nitrogens is 1. The average molecular weight is 277 g/mol. The van der Waals surface area contributed by atoms with Crippen LogP contribution in [0.4, 0.5) is 0 Å². The van der Waals surface area contributed by atoms with E-state index in [4.69, 9.17) is 4.74 Å². The summed E-state index contributed by atoms with van der Waals surface area (Å²) < 4.78 is 5.16. The van der Waals surface area contributed by atoms with E-state index in [0.717, 1.165) is 16.5 Å². The first-order valence-electron chi connectivity index (χ1n) is 6.92. The molecule has 104 valence electrons. The largest absolute Gasteiger partial charge is 0.462 e. The van der Waals surface area contributed by atoms with Crippen LogP contribution in [0.25, 0.3) is 22.2 Å². The van der Waals surface area contributed by atoms with Gasteiger partial charge >= 0.3 is 5.97 Å². The van der Waals surface area contributed by atoms with Gasteiger partial charge in [-0.3, -0.25) is 0 Å². The smallest absolute Gasteiger partial charge is 0.340 e. The molecule has 0 N–H and O–H groups in total. The van der Waals surface area contributed by atoms with Gasteiger partial charge in [-0.25, -0.2) is 9.78 Å². The van der Waals surface area contributed by atoms with Crippen LogP contribution in [0.15, 0.2) is 60.7 Å². The van der Waals surface area contributed by atoms with E-state index in [1.54, 1.807) is 6.92 Å². The Kier molecular flexibility index (Phi) is 3.65. The summed E-state index contributed by atoms with van der Waals surface area (Å²) in [6.07, 6.45) is 0. The van der Waals surface area contributed by atoms with Crippen molar-refractivity contribution in [3.63, 3.8) is 0 Å². The van der Waals surface area contributed by atoms with Crippen LogP contribution >= 0.6 is 0 Å². The van der Waals surface area contributed by atoms with Crippen molar-refractivity contribution in [1.29, 1.82) is 0 Å². The second kappa shape index (κ2) is 5.75. The predicted molar refractivity (Wildman–Crippen MR) is 83.1 cm³/mol. The lowest BCUT2D eigenvalue weighted by atomic mass is 10.0. The normalized spacial score (nSPS) is 10.5. The molecule has 0 saturated carbocycles. The Labute approximate surface area is 123 Å². The maximum Gasteiger partial charge on any atom is 0.340 e. The zero-order valence-corrected chi connectivity index (χ0v) is 11.7. The van der Waals surface area contributed by atoms with Crippen LogP contribution in [0.1, 0.15) is 17.3 Å². The molecule has 0 amide bonds. The van der Waals surface area contributed by atoms with Crippen molar-refractivity contribution in [2.75, 3.05) is 6.61 Å². The first-order chi connectivity index (χ1) is 10.3. The van der Waals surface area contributed by atoms with Gasteiger partial charge in [-0.1, -0.05) is 48.5 Å². The highest BCUT2D eigenvalue weighted by Crippen LogP contribution is 2.26. The fourth-order valence-corrected chi connectivity index (χ4v) is 2.30. The molecule has 1 aromatic heterocycles. The van der Waals surface area contributed by atoms with E-state index < -0.39 is 0 Å². The molecule has 3 rings (SSSR count). The first-order valence-corrected chi connectivity index (χ1v) is 6.92. The van der Waals surface area contributed by atoms with E-state index in [0.29, 0.717) is 17.9 Å². The molecule has 21 heavy (non-hydrogen) atoms. The lowest BCUT2D eigenvalue weighted by Gasteiger charge is -2.10. The summed E-state index contributed by atoms with van der Waals surface area (Å²) >= 11 is 0. The number of benzene rings is 2. The minimum absolute atomic E-state index is 0.338. The maximum atomic E-state index is 12.2. The van der Waals surface area contributed by atoms with Crippen molar-refractivity contribution in [2.45, 2.75) is 6.92 Å². The van der Waals surface area contributed by atoms with Crippen LogP contribution in [0.3, 0.4) is 0 Å². The number of carbonyl (C=O) groups excluding carboxylic acids is 1. The van der Waals surface area contributed by atoms with Gasteiger partial charge in [-0.15, -0.1) is 0 Å². The number of ether oxygens (including phenoxy) is 1. The van der Waals surface area contributed by atoms with Crippen molar-refractivity contribution >= 4 is 16.9 Å². The Morgan fingerprint density at radius 3 is 2.52 bits per heavy atom. The minimum atomic E-state index is -0.338. The van der Waals surface area contributed by atoms with E-state index in [2.05, 4.69) is 4.98 Å². The third-order valence-corrected chi connectivity index (χ3v) is 3.27. The average Bonchev–Trinajstić information content (AvgIpc) is 2.54. The first kappa shape index (κ1) is 13.3. The highest BCUT2D eigenvalue weighted by molar-refractivity contribution is 6.00. The number of fused-ring (bicyclic) bond motifs is 1. The topological polar surface area (TPSA) is 39.2 Å². The van der Waals surface area contributed by atoms with E-state index in [-0.39, 0.29) is 5.97 Å². The van der Waals surface area contributed by atoms with Gasteiger partial charge in [-0.2, -0.15) is 0 Å². The molecule has 2 aromatic carbocycles. The number of hydrogen-bond donors (Lipinski definition) is 0. The number of carbonyl (C=O) groups is 1. The van der Waals surface area contributed by atoms with Crippen molar-refractivity contribution in [3.05, 3.63) is 66.2 Å². The molecule has 0 radical (unpaired) electrons. The SMILES string of the molecule is CCOC(=O)c1cc2ccccc2nc1-c1ccccc1. The summed E-state index contributed by atoms with van der Waals surface area (Å²) in [5.41, 5.74) is 2.94. The van der Waals surface area contributed by atoms with Crippen molar-refractivity contribution in [2.24, 2.45) is 0 Å². The van der Waals surface area contributed by atoms with Gasteiger partial charge in [0.2, 0.25) is 0 Å². The highest BCUT2D eigenvalue weighted by atomic mass is 16.5. The van der Waals surface area contributed by atoms with E-state index in [1.165, 1.54) is 0 Å². The molecule has 3 nitrogen and oxygen atoms in total. The van der Waals surface area contributed by atoms with E-state index >= 15 is 0 Å². The number of pyridine rings is 1. The predicted octanol–water partition coefficient (Wildman–Crippen LogP) is 4.08. The summed E-state index contributed by atoms with van der Waals surface area (Å²) in [7, 11) is 0. The van der Waals surface area contributed by atoms with E-state index in [1.807, 2.05) is 60.7 Å². The van der Waals surface area contributed by atoms with Crippen molar-refractivity contribution in [1.82, 2.24) is 4.98 Å². The number of nitrogens with zero attached hydrogens (tertiary/aromatic N) is 1. The molecule has 0 aliphatic heterocycles. The summed E-state index contributed by atoms with van der Waals surface area (Å²) in [6, 6.07) is 19.3. The lowest BCUT2D eigenvalue weighted by Crippen LogP contribution is -2.08. The molecule has 1 heterocycles. The molecule has 0 fully saturated rings. The maximum absolute atomic E-state index is 12.2. The van der Waals surface area contributed by atoms with Gasteiger partial charge in [0, 0.05) is 10.9 Å². The Bertz CT molecular complexity index is 782. The zero-order valence-electron chi connectivity index (χ0n) is 11.7. The fraction of sp³-hybridized carbons (Fsp3) is 0.111. The molecule has 0 aliphatic carbocycles. The van der Waals surface area contributed by atoms with Gasteiger partial charge in [0.1, 0.15) is 0 Å². The Hall–Kier alpha value is -2.68. The van der Waals surface area contributed by atoms with Gasteiger partial charge < -0.3 is 4.74 Å². The molecule has 0 aliphatic rings. The summed E-state index contributed by atoms with van der Waals surface area (Å²) in [5, 5.41) is 0.931. The Morgan fingerprint density at radius 1 is 1.05 bits per heavy atom. The van der Waals surface area contributed by atoms with Crippen LogP contribution in [0.2, 0.25) is 0 Å². The zero-order chi connectivity index (χ0) is 14.7. The van der Waals surface area contributed by atoms with Crippen molar-refractivity contribution in [3.8, 4) is 11.3 Å². The van der Waals surface area contributed by atoms with Gasteiger partial charge in [-0.05, 0) is 19.1 Å². The summed E-state index contributed by atoms with van der Waals surface area (Å²) in [4.78, 5) is 16.9. The third-order valence-electron chi connectivity index (χ3n) is 3.27. The fourth-order valence-electron chi connectivity index (χ4n) is 2.30. The molecular weight excluding hydrogens is 262 g/mol. The molecule has 0 saturated heterocycles. The monoisotopic (exact) mass is 277 g/mol. The molecule has 3 aromatic rings. The molecule has 0 spiro atoms. The number of hydrogen-bond acceptors (Lipinski definition) is 3.